The standard InChI is InChI=1S/C11H14ClNO2/c1-3-15-11(14)8(2)7-9-5-4-6-13-10(9)12/h4-6,8H,3,7H2,1-2H3. The molecule has 1 aromatic rings. The van der Waals surface area contributed by atoms with E-state index in [0.29, 0.717) is 18.2 Å². The Morgan fingerprint density at radius 2 is 2.40 bits per heavy atom. The van der Waals surface area contributed by atoms with E-state index in [1.54, 1.807) is 19.2 Å². The van der Waals surface area contributed by atoms with Crippen LogP contribution >= 0.6 is 11.6 Å². The van der Waals surface area contributed by atoms with Crippen LogP contribution in [-0.2, 0) is 16.0 Å². The van der Waals surface area contributed by atoms with Crippen LogP contribution in [0, 0.1) is 5.92 Å². The Hall–Kier alpha value is -1.09. The Kier molecular flexibility index (Phi) is 4.56. The number of esters is 1. The van der Waals surface area contributed by atoms with E-state index in [1.165, 1.54) is 0 Å². The Balaban J connectivity index is 2.62. The smallest absolute Gasteiger partial charge is 0.308 e. The summed E-state index contributed by atoms with van der Waals surface area (Å²) in [7, 11) is 0. The number of halogens is 1. The zero-order chi connectivity index (χ0) is 11.3. The highest BCUT2D eigenvalue weighted by Gasteiger charge is 2.15. The molecule has 82 valence electrons. The van der Waals surface area contributed by atoms with Crippen molar-refractivity contribution in [1.82, 2.24) is 4.98 Å². The summed E-state index contributed by atoms with van der Waals surface area (Å²) >= 11 is 5.89. The molecular weight excluding hydrogens is 214 g/mol. The van der Waals surface area contributed by atoms with Crippen LogP contribution in [0.25, 0.3) is 0 Å². The summed E-state index contributed by atoms with van der Waals surface area (Å²) in [6.07, 6.45) is 2.19. The first-order valence-corrected chi connectivity index (χ1v) is 5.29. The highest BCUT2D eigenvalue weighted by atomic mass is 35.5. The molecule has 0 saturated carbocycles. The van der Waals surface area contributed by atoms with Crippen molar-refractivity contribution in [2.24, 2.45) is 5.92 Å². The maximum absolute atomic E-state index is 11.4. The van der Waals surface area contributed by atoms with Crippen molar-refractivity contribution in [2.75, 3.05) is 6.61 Å². The number of ether oxygens (including phenoxy) is 1. The molecule has 0 aliphatic rings. The van der Waals surface area contributed by atoms with Gasteiger partial charge < -0.3 is 4.74 Å². The molecule has 0 aromatic carbocycles. The van der Waals surface area contributed by atoms with Crippen molar-refractivity contribution in [2.45, 2.75) is 20.3 Å². The van der Waals surface area contributed by atoms with Gasteiger partial charge in [0, 0.05) is 6.20 Å². The molecule has 0 amide bonds. The SMILES string of the molecule is CCOC(=O)C(C)Cc1cccnc1Cl. The van der Waals surface area contributed by atoms with Crippen molar-refractivity contribution in [1.29, 1.82) is 0 Å². The van der Waals surface area contributed by atoms with E-state index >= 15 is 0 Å². The maximum atomic E-state index is 11.4. The second kappa shape index (κ2) is 5.71. The molecule has 0 aliphatic heterocycles. The monoisotopic (exact) mass is 227 g/mol. The van der Waals surface area contributed by atoms with Gasteiger partial charge >= 0.3 is 5.97 Å². The minimum atomic E-state index is -0.197. The average molecular weight is 228 g/mol. The minimum Gasteiger partial charge on any atom is -0.466 e. The fourth-order valence-electron chi connectivity index (χ4n) is 1.27. The third kappa shape index (κ3) is 3.51. The summed E-state index contributed by atoms with van der Waals surface area (Å²) in [5, 5.41) is 0.452. The van der Waals surface area contributed by atoms with Gasteiger partial charge in [0.1, 0.15) is 5.15 Å². The van der Waals surface area contributed by atoms with Crippen molar-refractivity contribution < 1.29 is 9.53 Å². The zero-order valence-electron chi connectivity index (χ0n) is 8.87. The fourth-order valence-corrected chi connectivity index (χ4v) is 1.47. The van der Waals surface area contributed by atoms with Gasteiger partial charge in [0.05, 0.1) is 12.5 Å². The topological polar surface area (TPSA) is 39.2 Å². The van der Waals surface area contributed by atoms with Crippen LogP contribution in [0.15, 0.2) is 18.3 Å². The van der Waals surface area contributed by atoms with Gasteiger partial charge in [0.15, 0.2) is 0 Å². The fraction of sp³-hybridized carbons (Fsp3) is 0.455. The number of carbonyl (C=O) groups is 1. The number of rotatable bonds is 4. The number of nitrogens with zero attached hydrogens (tertiary/aromatic N) is 1. The number of pyridine rings is 1. The van der Waals surface area contributed by atoms with Gasteiger partial charge in [-0.25, -0.2) is 4.98 Å². The lowest BCUT2D eigenvalue weighted by Crippen LogP contribution is -2.17. The van der Waals surface area contributed by atoms with Gasteiger partial charge in [-0.15, -0.1) is 0 Å². The quantitative estimate of drug-likeness (QED) is 0.586. The first kappa shape index (κ1) is 12.0. The second-order valence-corrected chi connectivity index (χ2v) is 3.67. The molecule has 1 atom stereocenters. The van der Waals surface area contributed by atoms with Gasteiger partial charge in [-0.1, -0.05) is 24.6 Å². The van der Waals surface area contributed by atoms with E-state index in [1.807, 2.05) is 13.0 Å². The first-order chi connectivity index (χ1) is 7.15. The van der Waals surface area contributed by atoms with Crippen molar-refractivity contribution in [3.63, 3.8) is 0 Å². The number of carbonyl (C=O) groups excluding carboxylic acids is 1. The van der Waals surface area contributed by atoms with E-state index in [4.69, 9.17) is 16.3 Å². The summed E-state index contributed by atoms with van der Waals surface area (Å²) in [5.41, 5.74) is 0.875. The zero-order valence-corrected chi connectivity index (χ0v) is 9.62. The van der Waals surface area contributed by atoms with Crippen LogP contribution in [0.1, 0.15) is 19.4 Å². The van der Waals surface area contributed by atoms with E-state index in [9.17, 15) is 4.79 Å². The lowest BCUT2D eigenvalue weighted by molar-refractivity contribution is -0.147. The molecule has 0 bridgehead atoms. The Morgan fingerprint density at radius 3 is 3.00 bits per heavy atom. The summed E-state index contributed by atoms with van der Waals surface area (Å²) in [6.45, 7) is 4.02. The van der Waals surface area contributed by atoms with Crippen LogP contribution < -0.4 is 0 Å². The molecule has 1 unspecified atom stereocenters. The average Bonchev–Trinajstić information content (AvgIpc) is 2.21. The van der Waals surface area contributed by atoms with E-state index < -0.39 is 0 Å². The molecule has 4 heteroatoms. The van der Waals surface area contributed by atoms with Crippen LogP contribution in [-0.4, -0.2) is 17.6 Å². The second-order valence-electron chi connectivity index (χ2n) is 3.31. The Labute approximate surface area is 94.4 Å². The summed E-state index contributed by atoms with van der Waals surface area (Å²) in [6, 6.07) is 3.67. The molecule has 0 fully saturated rings. The van der Waals surface area contributed by atoms with Gasteiger partial charge in [0.2, 0.25) is 0 Å². The largest absolute Gasteiger partial charge is 0.466 e. The molecule has 1 heterocycles. The number of hydrogen-bond acceptors (Lipinski definition) is 3. The normalized spacial score (nSPS) is 12.2. The Morgan fingerprint density at radius 1 is 1.67 bits per heavy atom. The molecule has 3 nitrogen and oxygen atoms in total. The van der Waals surface area contributed by atoms with Crippen LogP contribution in [0.5, 0.6) is 0 Å². The Bertz CT molecular complexity index is 341. The molecule has 0 radical (unpaired) electrons. The van der Waals surface area contributed by atoms with Crippen LogP contribution in [0.2, 0.25) is 5.15 Å². The number of hydrogen-bond donors (Lipinski definition) is 0. The molecular formula is C11H14ClNO2. The third-order valence-corrected chi connectivity index (χ3v) is 2.39. The van der Waals surface area contributed by atoms with Gasteiger partial charge in [-0.2, -0.15) is 0 Å². The van der Waals surface area contributed by atoms with Crippen LogP contribution in [0.4, 0.5) is 0 Å². The van der Waals surface area contributed by atoms with E-state index in [2.05, 4.69) is 4.98 Å². The van der Waals surface area contributed by atoms with E-state index in [0.717, 1.165) is 5.56 Å². The maximum Gasteiger partial charge on any atom is 0.308 e. The molecule has 0 spiro atoms. The molecule has 1 aromatic heterocycles. The molecule has 1 rings (SSSR count). The van der Waals surface area contributed by atoms with Crippen molar-refractivity contribution in [3.8, 4) is 0 Å². The molecule has 0 aliphatic carbocycles. The van der Waals surface area contributed by atoms with Crippen molar-refractivity contribution >= 4 is 17.6 Å². The molecule has 0 saturated heterocycles. The van der Waals surface area contributed by atoms with Crippen molar-refractivity contribution in [3.05, 3.63) is 29.0 Å². The van der Waals surface area contributed by atoms with Crippen LogP contribution in [0.3, 0.4) is 0 Å². The predicted octanol–water partition coefficient (Wildman–Crippen LogP) is 2.48. The minimum absolute atomic E-state index is 0.188. The number of aromatic nitrogens is 1. The lowest BCUT2D eigenvalue weighted by Gasteiger charge is -2.10. The predicted molar refractivity (Wildman–Crippen MR) is 58.7 cm³/mol. The summed E-state index contributed by atoms with van der Waals surface area (Å²) in [4.78, 5) is 15.3. The van der Waals surface area contributed by atoms with E-state index in [-0.39, 0.29) is 11.9 Å². The van der Waals surface area contributed by atoms with Gasteiger partial charge in [0.25, 0.3) is 0 Å². The molecule has 15 heavy (non-hydrogen) atoms. The van der Waals surface area contributed by atoms with Gasteiger partial charge in [-0.3, -0.25) is 4.79 Å². The van der Waals surface area contributed by atoms with Gasteiger partial charge in [-0.05, 0) is 25.0 Å². The molecule has 0 N–H and O–H groups in total. The summed E-state index contributed by atoms with van der Waals surface area (Å²) in [5.74, 6) is -0.385. The third-order valence-electron chi connectivity index (χ3n) is 2.05. The highest BCUT2D eigenvalue weighted by molar-refractivity contribution is 6.30. The highest BCUT2D eigenvalue weighted by Crippen LogP contribution is 2.16. The lowest BCUT2D eigenvalue weighted by atomic mass is 10.0. The first-order valence-electron chi connectivity index (χ1n) is 4.91. The summed E-state index contributed by atoms with van der Waals surface area (Å²) < 4.78 is 4.91.